The van der Waals surface area contributed by atoms with E-state index < -0.39 is 17.8 Å². The van der Waals surface area contributed by atoms with Crippen molar-refractivity contribution in [2.24, 2.45) is 0 Å². The van der Waals surface area contributed by atoms with Crippen LogP contribution in [0, 0.1) is 0 Å². The van der Waals surface area contributed by atoms with Gasteiger partial charge < -0.3 is 9.84 Å². The number of hydrogen-bond donors (Lipinski definition) is 1. The van der Waals surface area contributed by atoms with Crippen molar-refractivity contribution in [3.05, 3.63) is 35.9 Å². The number of benzene rings is 1. The summed E-state index contributed by atoms with van der Waals surface area (Å²) in [7, 11) is 1.41. The van der Waals surface area contributed by atoms with Crippen LogP contribution in [0.15, 0.2) is 30.4 Å². The Hall–Kier alpha value is -2.63. The quantitative estimate of drug-likeness (QED) is 0.799. The molecule has 1 heterocycles. The normalized spacial score (nSPS) is 14.2. The molecule has 92 valence electrons. The zero-order chi connectivity index (χ0) is 13.3. The Morgan fingerprint density at radius 2 is 1.83 bits per heavy atom. The highest BCUT2D eigenvalue weighted by Crippen LogP contribution is 2.28. The first kappa shape index (κ1) is 11.8. The molecule has 18 heavy (non-hydrogen) atoms. The summed E-state index contributed by atoms with van der Waals surface area (Å²) < 4.78 is 4.96. The average Bonchev–Trinajstić information content (AvgIpc) is 2.68. The van der Waals surface area contributed by atoms with Crippen LogP contribution in [0.3, 0.4) is 0 Å². The minimum Gasteiger partial charge on any atom is -0.497 e. The number of carboxylic acid groups (broad SMARTS) is 1. The lowest BCUT2D eigenvalue weighted by atomic mass is 10.1. The third-order valence-corrected chi connectivity index (χ3v) is 2.49. The van der Waals surface area contributed by atoms with Crippen LogP contribution < -0.4 is 9.64 Å². The molecule has 1 aliphatic heterocycles. The topological polar surface area (TPSA) is 83.9 Å². The molecule has 6 heteroatoms. The van der Waals surface area contributed by atoms with Crippen LogP contribution in [0.5, 0.6) is 5.75 Å². The maximum Gasteiger partial charge on any atom is 0.337 e. The number of rotatable bonds is 3. The van der Waals surface area contributed by atoms with E-state index in [1.807, 2.05) is 0 Å². The van der Waals surface area contributed by atoms with Crippen LogP contribution in [0.1, 0.15) is 10.4 Å². The summed E-state index contributed by atoms with van der Waals surface area (Å²) in [5.74, 6) is -2.01. The van der Waals surface area contributed by atoms with Gasteiger partial charge in [-0.25, -0.2) is 9.69 Å². The highest BCUT2D eigenvalue weighted by Gasteiger charge is 2.29. The average molecular weight is 247 g/mol. The van der Waals surface area contributed by atoms with E-state index in [-0.39, 0.29) is 11.3 Å². The fourth-order valence-electron chi connectivity index (χ4n) is 1.64. The Morgan fingerprint density at radius 1 is 1.22 bits per heavy atom. The Labute approximate surface area is 102 Å². The molecular weight excluding hydrogens is 238 g/mol. The molecule has 0 saturated heterocycles. The van der Waals surface area contributed by atoms with Gasteiger partial charge in [0.25, 0.3) is 11.8 Å². The molecule has 0 saturated carbocycles. The van der Waals surface area contributed by atoms with Crippen LogP contribution in [0.4, 0.5) is 5.69 Å². The number of hydrogen-bond acceptors (Lipinski definition) is 4. The van der Waals surface area contributed by atoms with E-state index in [0.717, 1.165) is 17.1 Å². The van der Waals surface area contributed by atoms with Crippen molar-refractivity contribution in [3.8, 4) is 5.75 Å². The van der Waals surface area contributed by atoms with Gasteiger partial charge in [-0.2, -0.15) is 0 Å². The Balaban J connectivity index is 2.57. The Morgan fingerprint density at radius 3 is 2.33 bits per heavy atom. The first-order valence-electron chi connectivity index (χ1n) is 5.02. The predicted molar refractivity (Wildman–Crippen MR) is 61.6 cm³/mol. The van der Waals surface area contributed by atoms with E-state index in [1.54, 1.807) is 0 Å². The molecule has 0 aromatic heterocycles. The van der Waals surface area contributed by atoms with E-state index in [9.17, 15) is 14.4 Å². The van der Waals surface area contributed by atoms with Crippen molar-refractivity contribution < 1.29 is 24.2 Å². The number of carbonyl (C=O) groups is 3. The molecule has 1 N–H and O–H groups in total. The zero-order valence-electron chi connectivity index (χ0n) is 9.41. The maximum absolute atomic E-state index is 11.5. The van der Waals surface area contributed by atoms with Gasteiger partial charge in [-0.3, -0.25) is 9.59 Å². The summed E-state index contributed by atoms with van der Waals surface area (Å²) in [6.45, 7) is 0. The summed E-state index contributed by atoms with van der Waals surface area (Å²) in [6.07, 6.45) is 2.18. The fraction of sp³-hybridized carbons (Fsp3) is 0.0833. The zero-order valence-corrected chi connectivity index (χ0v) is 9.41. The van der Waals surface area contributed by atoms with E-state index in [4.69, 9.17) is 9.84 Å². The number of amides is 2. The van der Waals surface area contributed by atoms with Gasteiger partial charge in [0.1, 0.15) is 5.75 Å². The molecule has 0 unspecified atom stereocenters. The molecule has 1 aliphatic rings. The second-order valence-corrected chi connectivity index (χ2v) is 3.53. The molecule has 6 nitrogen and oxygen atoms in total. The lowest BCUT2D eigenvalue weighted by Crippen LogP contribution is -2.31. The number of methoxy groups -OCH3 is 1. The monoisotopic (exact) mass is 247 g/mol. The van der Waals surface area contributed by atoms with Gasteiger partial charge in [0.15, 0.2) is 0 Å². The summed E-state index contributed by atoms with van der Waals surface area (Å²) in [4.78, 5) is 35.0. The molecule has 1 aromatic rings. The molecule has 0 fully saturated rings. The molecule has 0 radical (unpaired) electrons. The van der Waals surface area contributed by atoms with E-state index in [0.29, 0.717) is 5.75 Å². The fourth-order valence-corrected chi connectivity index (χ4v) is 1.64. The summed E-state index contributed by atoms with van der Waals surface area (Å²) in [6, 6.07) is 4.08. The molecule has 0 aliphatic carbocycles. The number of aromatic carboxylic acids is 1. The van der Waals surface area contributed by atoms with Crippen LogP contribution in [-0.4, -0.2) is 30.0 Å². The smallest absolute Gasteiger partial charge is 0.337 e. The third kappa shape index (κ3) is 1.84. The van der Waals surface area contributed by atoms with Gasteiger partial charge in [-0.15, -0.1) is 0 Å². The van der Waals surface area contributed by atoms with Crippen molar-refractivity contribution in [1.29, 1.82) is 0 Å². The van der Waals surface area contributed by atoms with Gasteiger partial charge in [0.05, 0.1) is 18.4 Å². The van der Waals surface area contributed by atoms with Crippen molar-refractivity contribution >= 4 is 23.5 Å². The van der Waals surface area contributed by atoms with E-state index >= 15 is 0 Å². The SMILES string of the molecule is COc1ccc(C(=O)O)c(N2C(=O)C=CC2=O)c1. The Bertz CT molecular complexity index is 558. The van der Waals surface area contributed by atoms with Crippen molar-refractivity contribution in [2.75, 3.05) is 12.0 Å². The molecule has 1 aromatic carbocycles. The minimum atomic E-state index is -1.22. The lowest BCUT2D eigenvalue weighted by molar-refractivity contribution is -0.119. The van der Waals surface area contributed by atoms with Gasteiger partial charge >= 0.3 is 5.97 Å². The molecule has 0 spiro atoms. The Kier molecular flexibility index (Phi) is 2.85. The minimum absolute atomic E-state index is 0.00171. The first-order valence-corrected chi connectivity index (χ1v) is 5.02. The van der Waals surface area contributed by atoms with Crippen molar-refractivity contribution in [2.45, 2.75) is 0 Å². The van der Waals surface area contributed by atoms with Crippen molar-refractivity contribution in [1.82, 2.24) is 0 Å². The van der Waals surface area contributed by atoms with Gasteiger partial charge in [-0.05, 0) is 12.1 Å². The molecule has 0 atom stereocenters. The first-order chi connectivity index (χ1) is 8.54. The standard InChI is InChI=1S/C12H9NO5/c1-18-7-2-3-8(12(16)17)9(6-7)13-10(14)4-5-11(13)15/h2-6H,1H3,(H,16,17). The number of carboxylic acids is 1. The van der Waals surface area contributed by atoms with E-state index in [2.05, 4.69) is 0 Å². The second kappa shape index (κ2) is 4.33. The number of ether oxygens (including phenoxy) is 1. The highest BCUT2D eigenvalue weighted by atomic mass is 16.5. The lowest BCUT2D eigenvalue weighted by Gasteiger charge is -2.17. The van der Waals surface area contributed by atoms with Gasteiger partial charge in [-0.1, -0.05) is 0 Å². The number of nitrogens with zero attached hydrogens (tertiary/aromatic N) is 1. The predicted octanol–water partition coefficient (Wildman–Crippen LogP) is 0.823. The van der Waals surface area contributed by atoms with E-state index in [1.165, 1.54) is 25.3 Å². The third-order valence-electron chi connectivity index (χ3n) is 2.49. The molecule has 0 bridgehead atoms. The van der Waals surface area contributed by atoms with Crippen LogP contribution in [-0.2, 0) is 9.59 Å². The second-order valence-electron chi connectivity index (χ2n) is 3.53. The molecule has 2 amide bonds. The van der Waals surface area contributed by atoms with Crippen LogP contribution in [0.2, 0.25) is 0 Å². The number of anilines is 1. The van der Waals surface area contributed by atoms with Crippen LogP contribution >= 0.6 is 0 Å². The van der Waals surface area contributed by atoms with Gasteiger partial charge in [0, 0.05) is 18.2 Å². The largest absolute Gasteiger partial charge is 0.497 e. The molecular formula is C12H9NO5. The number of carbonyl (C=O) groups excluding carboxylic acids is 2. The maximum atomic E-state index is 11.5. The van der Waals surface area contributed by atoms with Gasteiger partial charge in [0.2, 0.25) is 0 Å². The van der Waals surface area contributed by atoms with Crippen molar-refractivity contribution in [3.63, 3.8) is 0 Å². The summed E-state index contributed by atoms with van der Waals surface area (Å²) >= 11 is 0. The molecule has 2 rings (SSSR count). The summed E-state index contributed by atoms with van der Waals surface area (Å²) in [5, 5.41) is 9.05. The highest BCUT2D eigenvalue weighted by molar-refractivity contribution is 6.29. The van der Waals surface area contributed by atoms with Crippen LogP contribution in [0.25, 0.3) is 0 Å². The summed E-state index contributed by atoms with van der Waals surface area (Å²) in [5.41, 5.74) is -0.136. The number of imide groups is 1.